The second-order valence-electron chi connectivity index (χ2n) is 6.58. The number of anilines is 1. The molecule has 0 aliphatic heterocycles. The van der Waals surface area contributed by atoms with Gasteiger partial charge in [0.2, 0.25) is 0 Å². The molecule has 0 radical (unpaired) electrons. The number of carboxylic acids is 1. The van der Waals surface area contributed by atoms with Crippen LogP contribution in [0.2, 0.25) is 5.02 Å². The van der Waals surface area contributed by atoms with Crippen LogP contribution in [0.25, 0.3) is 33.0 Å². The first kappa shape index (κ1) is 21.0. The van der Waals surface area contributed by atoms with Crippen molar-refractivity contribution in [1.29, 1.82) is 0 Å². The summed E-state index contributed by atoms with van der Waals surface area (Å²) < 4.78 is 13.4. The molecule has 8 heteroatoms. The van der Waals surface area contributed by atoms with E-state index >= 15 is 0 Å². The Kier molecular flexibility index (Phi) is 5.99. The van der Waals surface area contributed by atoms with Gasteiger partial charge in [-0.3, -0.25) is 10.3 Å². The molecule has 5 nitrogen and oxygen atoms in total. The average Bonchev–Trinajstić information content (AvgIpc) is 3.26. The SMILES string of the molecule is CONc1ccccc1-c1ccc(-c2nc(-c3ccc(F)c(Cl)c3)cs2)cc1C(=O)O. The number of carbonyl (C=O) groups is 1. The van der Waals surface area contributed by atoms with E-state index in [-0.39, 0.29) is 10.6 Å². The van der Waals surface area contributed by atoms with E-state index in [9.17, 15) is 14.3 Å². The molecule has 0 spiro atoms. The fraction of sp³-hybridized carbons (Fsp3) is 0.0435. The molecular weight excluding hydrogens is 439 g/mol. The number of carboxylic acid groups (broad SMARTS) is 1. The van der Waals surface area contributed by atoms with Gasteiger partial charge in [-0.2, -0.15) is 0 Å². The molecule has 3 aromatic carbocycles. The Morgan fingerprint density at radius 1 is 1.10 bits per heavy atom. The molecule has 0 bridgehead atoms. The van der Waals surface area contributed by atoms with Crippen LogP contribution in [-0.4, -0.2) is 23.2 Å². The highest BCUT2D eigenvalue weighted by molar-refractivity contribution is 7.13. The summed E-state index contributed by atoms with van der Waals surface area (Å²) in [5, 5.41) is 12.3. The van der Waals surface area contributed by atoms with E-state index in [2.05, 4.69) is 10.5 Å². The smallest absolute Gasteiger partial charge is 0.336 e. The van der Waals surface area contributed by atoms with Crippen molar-refractivity contribution >= 4 is 34.6 Å². The molecule has 4 aromatic rings. The molecular formula is C23H16ClFN2O3S. The van der Waals surface area contributed by atoms with Crippen LogP contribution in [0, 0.1) is 5.82 Å². The first-order valence-electron chi connectivity index (χ1n) is 9.15. The van der Waals surface area contributed by atoms with Crippen molar-refractivity contribution in [3.8, 4) is 33.0 Å². The number of thiazole rings is 1. The van der Waals surface area contributed by atoms with E-state index < -0.39 is 11.8 Å². The third kappa shape index (κ3) is 4.29. The number of aromatic carboxylic acids is 1. The number of hydrogen-bond acceptors (Lipinski definition) is 5. The van der Waals surface area contributed by atoms with E-state index in [0.29, 0.717) is 38.6 Å². The van der Waals surface area contributed by atoms with Crippen molar-refractivity contribution in [3.05, 3.63) is 82.4 Å². The van der Waals surface area contributed by atoms with Crippen molar-refractivity contribution in [2.45, 2.75) is 0 Å². The molecule has 1 aromatic heterocycles. The Labute approximate surface area is 186 Å². The predicted molar refractivity (Wildman–Crippen MR) is 121 cm³/mol. The number of aromatic nitrogens is 1. The van der Waals surface area contributed by atoms with Crippen LogP contribution < -0.4 is 5.48 Å². The summed E-state index contributed by atoms with van der Waals surface area (Å²) in [5.41, 5.74) is 6.82. The van der Waals surface area contributed by atoms with Gasteiger partial charge >= 0.3 is 5.97 Å². The van der Waals surface area contributed by atoms with Crippen LogP contribution >= 0.6 is 22.9 Å². The largest absolute Gasteiger partial charge is 0.478 e. The second-order valence-corrected chi connectivity index (χ2v) is 7.85. The Balaban J connectivity index is 1.75. The molecule has 0 fully saturated rings. The molecule has 0 saturated carbocycles. The zero-order chi connectivity index (χ0) is 22.0. The minimum atomic E-state index is -1.05. The van der Waals surface area contributed by atoms with Gasteiger partial charge in [-0.1, -0.05) is 41.9 Å². The minimum Gasteiger partial charge on any atom is -0.478 e. The molecule has 31 heavy (non-hydrogen) atoms. The summed E-state index contributed by atoms with van der Waals surface area (Å²) >= 11 is 7.24. The molecule has 0 unspecified atom stereocenters. The molecule has 0 aliphatic rings. The summed E-state index contributed by atoms with van der Waals surface area (Å²) in [6, 6.07) is 16.9. The molecule has 0 aliphatic carbocycles. The van der Waals surface area contributed by atoms with Crippen molar-refractivity contribution in [3.63, 3.8) is 0 Å². The van der Waals surface area contributed by atoms with Crippen LogP contribution in [0.15, 0.2) is 66.0 Å². The van der Waals surface area contributed by atoms with Gasteiger partial charge in [0.05, 0.1) is 29.1 Å². The third-order valence-electron chi connectivity index (χ3n) is 4.65. The highest BCUT2D eigenvalue weighted by Gasteiger charge is 2.17. The van der Waals surface area contributed by atoms with Crippen LogP contribution in [0.1, 0.15) is 10.4 Å². The average molecular weight is 455 g/mol. The summed E-state index contributed by atoms with van der Waals surface area (Å²) in [6.07, 6.45) is 0. The van der Waals surface area contributed by atoms with Gasteiger partial charge in [0.1, 0.15) is 10.8 Å². The molecule has 0 saturated heterocycles. The standard InChI is InChI=1S/C23H16ClFN2O3S/c1-30-27-20-5-3-2-4-16(20)15-8-6-14(10-17(15)23(28)29)22-26-21(12-31-22)13-7-9-19(25)18(24)11-13/h2-12,27H,1H3,(H,28,29). The lowest BCUT2D eigenvalue weighted by Crippen LogP contribution is -2.03. The third-order valence-corrected chi connectivity index (χ3v) is 5.83. The summed E-state index contributed by atoms with van der Waals surface area (Å²) in [7, 11) is 1.49. The number of rotatable bonds is 6. The van der Waals surface area contributed by atoms with E-state index in [1.807, 2.05) is 29.6 Å². The van der Waals surface area contributed by atoms with Gasteiger partial charge in [-0.05, 0) is 35.9 Å². The van der Waals surface area contributed by atoms with Crippen LogP contribution in [-0.2, 0) is 4.84 Å². The van der Waals surface area contributed by atoms with Crippen LogP contribution in [0.3, 0.4) is 0 Å². The lowest BCUT2D eigenvalue weighted by atomic mass is 9.96. The molecule has 0 amide bonds. The lowest BCUT2D eigenvalue weighted by molar-refractivity contribution is 0.0698. The lowest BCUT2D eigenvalue weighted by Gasteiger charge is -2.13. The maximum Gasteiger partial charge on any atom is 0.336 e. The molecule has 2 N–H and O–H groups in total. The monoisotopic (exact) mass is 454 g/mol. The molecule has 156 valence electrons. The summed E-state index contributed by atoms with van der Waals surface area (Å²) in [6.45, 7) is 0. The predicted octanol–water partition coefficient (Wildman–Crippen LogP) is 6.61. The first-order valence-corrected chi connectivity index (χ1v) is 10.4. The minimum absolute atomic E-state index is 0.0212. The Bertz CT molecular complexity index is 1280. The number of benzene rings is 3. The van der Waals surface area contributed by atoms with E-state index in [4.69, 9.17) is 16.4 Å². The van der Waals surface area contributed by atoms with Crippen molar-refractivity contribution in [2.75, 3.05) is 12.6 Å². The van der Waals surface area contributed by atoms with Crippen molar-refractivity contribution < 1.29 is 19.1 Å². The number of nitrogens with zero attached hydrogens (tertiary/aromatic N) is 1. The number of hydrogen-bond donors (Lipinski definition) is 2. The van der Waals surface area contributed by atoms with Gasteiger partial charge in [0, 0.05) is 22.1 Å². The number of nitrogens with one attached hydrogen (secondary N) is 1. The maximum absolute atomic E-state index is 13.4. The van der Waals surface area contributed by atoms with Crippen LogP contribution in [0.5, 0.6) is 0 Å². The molecule has 1 heterocycles. The highest BCUT2D eigenvalue weighted by atomic mass is 35.5. The van der Waals surface area contributed by atoms with Gasteiger partial charge in [0.15, 0.2) is 0 Å². The Morgan fingerprint density at radius 3 is 2.61 bits per heavy atom. The fourth-order valence-electron chi connectivity index (χ4n) is 3.20. The Morgan fingerprint density at radius 2 is 1.87 bits per heavy atom. The fourth-order valence-corrected chi connectivity index (χ4v) is 4.21. The second kappa shape index (κ2) is 8.85. The number of para-hydroxylation sites is 1. The zero-order valence-corrected chi connectivity index (χ0v) is 17.8. The van der Waals surface area contributed by atoms with Gasteiger partial charge in [-0.15, -0.1) is 11.3 Å². The van der Waals surface area contributed by atoms with Crippen molar-refractivity contribution in [2.24, 2.45) is 0 Å². The maximum atomic E-state index is 13.4. The van der Waals surface area contributed by atoms with E-state index in [1.54, 1.807) is 24.3 Å². The topological polar surface area (TPSA) is 71.5 Å². The van der Waals surface area contributed by atoms with Gasteiger partial charge in [0.25, 0.3) is 0 Å². The quantitative estimate of drug-likeness (QED) is 0.321. The van der Waals surface area contributed by atoms with Crippen molar-refractivity contribution in [1.82, 2.24) is 4.98 Å². The van der Waals surface area contributed by atoms with Gasteiger partial charge in [-0.25, -0.2) is 14.2 Å². The molecule has 0 atom stereocenters. The zero-order valence-electron chi connectivity index (χ0n) is 16.2. The normalized spacial score (nSPS) is 10.8. The highest BCUT2D eigenvalue weighted by Crippen LogP contribution is 2.36. The number of halogens is 2. The summed E-state index contributed by atoms with van der Waals surface area (Å²) in [5.74, 6) is -1.54. The van der Waals surface area contributed by atoms with E-state index in [1.165, 1.54) is 30.6 Å². The first-order chi connectivity index (χ1) is 15.0. The Hall–Kier alpha value is -3.26. The summed E-state index contributed by atoms with van der Waals surface area (Å²) in [4.78, 5) is 21.6. The van der Waals surface area contributed by atoms with Crippen LogP contribution in [0.4, 0.5) is 10.1 Å². The molecule has 4 rings (SSSR count). The van der Waals surface area contributed by atoms with E-state index in [0.717, 1.165) is 0 Å². The van der Waals surface area contributed by atoms with Gasteiger partial charge < -0.3 is 5.11 Å².